The van der Waals surface area contributed by atoms with Crippen LogP contribution >= 0.6 is 11.6 Å². The Labute approximate surface area is 133 Å². The van der Waals surface area contributed by atoms with E-state index >= 15 is 0 Å². The van der Waals surface area contributed by atoms with Gasteiger partial charge in [0.25, 0.3) is 5.91 Å². The fourth-order valence-electron chi connectivity index (χ4n) is 2.66. The molecule has 1 aliphatic heterocycles. The third-order valence-electron chi connectivity index (χ3n) is 3.87. The van der Waals surface area contributed by atoms with Gasteiger partial charge in [-0.3, -0.25) is 9.69 Å². The summed E-state index contributed by atoms with van der Waals surface area (Å²) in [5.74, 6) is -0.297. The van der Waals surface area contributed by atoms with Crippen LogP contribution in [0.4, 0.5) is 4.79 Å². The SMILES string of the molecule is C[C@]1(c2ccccc2Cl)NC(=O)N(Cc2ccccc2)C1=O. The van der Waals surface area contributed by atoms with E-state index in [0.717, 1.165) is 5.56 Å². The van der Waals surface area contributed by atoms with Gasteiger partial charge in [0, 0.05) is 10.6 Å². The molecule has 0 radical (unpaired) electrons. The molecule has 1 saturated heterocycles. The highest BCUT2D eigenvalue weighted by atomic mass is 35.5. The molecule has 1 N–H and O–H groups in total. The predicted octanol–water partition coefficient (Wildman–Crippen LogP) is 3.31. The second-order valence-electron chi connectivity index (χ2n) is 5.41. The van der Waals surface area contributed by atoms with Crippen LogP contribution in [-0.4, -0.2) is 16.8 Å². The van der Waals surface area contributed by atoms with Gasteiger partial charge in [0.2, 0.25) is 0 Å². The maximum absolute atomic E-state index is 12.8. The van der Waals surface area contributed by atoms with Crippen LogP contribution in [0.3, 0.4) is 0 Å². The highest BCUT2D eigenvalue weighted by Gasteiger charge is 2.49. The summed E-state index contributed by atoms with van der Waals surface area (Å²) in [4.78, 5) is 26.2. The maximum atomic E-state index is 12.8. The average Bonchev–Trinajstić information content (AvgIpc) is 2.73. The summed E-state index contributed by atoms with van der Waals surface area (Å²) in [6, 6.07) is 16.1. The summed E-state index contributed by atoms with van der Waals surface area (Å²) < 4.78 is 0. The fraction of sp³-hybridized carbons (Fsp3) is 0.176. The molecule has 0 saturated carbocycles. The van der Waals surface area contributed by atoms with Crippen molar-refractivity contribution in [1.29, 1.82) is 0 Å². The Balaban J connectivity index is 1.93. The Morgan fingerprint density at radius 2 is 1.68 bits per heavy atom. The average molecular weight is 315 g/mol. The summed E-state index contributed by atoms with van der Waals surface area (Å²) in [6.07, 6.45) is 0. The largest absolute Gasteiger partial charge is 0.325 e. The van der Waals surface area contributed by atoms with Gasteiger partial charge in [0.1, 0.15) is 5.54 Å². The molecule has 22 heavy (non-hydrogen) atoms. The van der Waals surface area contributed by atoms with Crippen LogP contribution in [0, 0.1) is 0 Å². The van der Waals surface area contributed by atoms with Crippen LogP contribution in [-0.2, 0) is 16.9 Å². The van der Waals surface area contributed by atoms with E-state index in [1.807, 2.05) is 30.3 Å². The minimum Gasteiger partial charge on any atom is -0.319 e. The van der Waals surface area contributed by atoms with Crippen molar-refractivity contribution >= 4 is 23.5 Å². The lowest BCUT2D eigenvalue weighted by atomic mass is 9.92. The quantitative estimate of drug-likeness (QED) is 0.884. The van der Waals surface area contributed by atoms with Gasteiger partial charge in [-0.05, 0) is 18.6 Å². The molecule has 1 fully saturated rings. The van der Waals surface area contributed by atoms with Crippen molar-refractivity contribution < 1.29 is 9.59 Å². The van der Waals surface area contributed by atoms with E-state index in [2.05, 4.69) is 5.32 Å². The van der Waals surface area contributed by atoms with E-state index in [1.165, 1.54) is 4.90 Å². The monoisotopic (exact) mass is 314 g/mol. The van der Waals surface area contributed by atoms with Crippen molar-refractivity contribution in [2.75, 3.05) is 0 Å². The molecule has 0 aromatic heterocycles. The van der Waals surface area contributed by atoms with Gasteiger partial charge in [-0.15, -0.1) is 0 Å². The zero-order valence-electron chi connectivity index (χ0n) is 12.0. The molecule has 1 atom stereocenters. The molecule has 112 valence electrons. The van der Waals surface area contributed by atoms with Crippen molar-refractivity contribution in [3.63, 3.8) is 0 Å². The lowest BCUT2D eigenvalue weighted by molar-refractivity contribution is -0.131. The number of hydrogen-bond acceptors (Lipinski definition) is 2. The minimum absolute atomic E-state index is 0.242. The van der Waals surface area contributed by atoms with Crippen molar-refractivity contribution in [2.45, 2.75) is 19.0 Å². The van der Waals surface area contributed by atoms with Crippen LogP contribution < -0.4 is 5.32 Å². The normalized spacial score (nSPS) is 21.1. The Hall–Kier alpha value is -2.33. The van der Waals surface area contributed by atoms with E-state index in [1.54, 1.807) is 31.2 Å². The summed E-state index contributed by atoms with van der Waals surface area (Å²) in [5.41, 5.74) is 0.365. The van der Waals surface area contributed by atoms with Gasteiger partial charge in [-0.1, -0.05) is 60.1 Å². The Bertz CT molecular complexity index is 732. The van der Waals surface area contributed by atoms with Gasteiger partial charge >= 0.3 is 6.03 Å². The number of carbonyl (C=O) groups is 2. The van der Waals surface area contributed by atoms with Crippen molar-refractivity contribution in [3.05, 3.63) is 70.7 Å². The number of carbonyl (C=O) groups excluding carboxylic acids is 2. The first kappa shape index (κ1) is 14.6. The first-order valence-corrected chi connectivity index (χ1v) is 7.33. The van der Waals surface area contributed by atoms with Gasteiger partial charge in [-0.25, -0.2) is 4.79 Å². The molecule has 3 rings (SSSR count). The van der Waals surface area contributed by atoms with Gasteiger partial charge in [-0.2, -0.15) is 0 Å². The molecule has 1 aliphatic rings. The maximum Gasteiger partial charge on any atom is 0.325 e. The molecular weight excluding hydrogens is 300 g/mol. The lowest BCUT2D eigenvalue weighted by Gasteiger charge is -2.23. The minimum atomic E-state index is -1.13. The van der Waals surface area contributed by atoms with Crippen molar-refractivity contribution in [2.24, 2.45) is 0 Å². The highest BCUT2D eigenvalue weighted by Crippen LogP contribution is 2.33. The molecule has 2 aromatic rings. The zero-order chi connectivity index (χ0) is 15.7. The summed E-state index contributed by atoms with van der Waals surface area (Å²) >= 11 is 6.19. The summed E-state index contributed by atoms with van der Waals surface area (Å²) in [6.45, 7) is 1.92. The number of hydrogen-bond donors (Lipinski definition) is 1. The molecule has 0 aliphatic carbocycles. The predicted molar refractivity (Wildman–Crippen MR) is 84.3 cm³/mol. The Kier molecular flexibility index (Phi) is 3.62. The number of halogens is 1. The standard InChI is InChI=1S/C17H15ClN2O2/c1-17(13-9-5-6-10-14(13)18)15(21)20(16(22)19-17)11-12-7-3-2-4-8-12/h2-10H,11H2,1H3,(H,19,22)/t17-/m1/s1. The molecule has 4 nitrogen and oxygen atoms in total. The second-order valence-corrected chi connectivity index (χ2v) is 5.82. The first-order chi connectivity index (χ1) is 10.5. The molecule has 3 amide bonds. The van der Waals surface area contributed by atoms with Crippen LogP contribution in [0.5, 0.6) is 0 Å². The third-order valence-corrected chi connectivity index (χ3v) is 4.20. The van der Waals surface area contributed by atoms with Gasteiger partial charge in [0.15, 0.2) is 0 Å². The van der Waals surface area contributed by atoms with Crippen LogP contribution in [0.15, 0.2) is 54.6 Å². The summed E-state index contributed by atoms with van der Waals surface area (Å²) in [5, 5.41) is 3.22. The van der Waals surface area contributed by atoms with E-state index in [4.69, 9.17) is 11.6 Å². The van der Waals surface area contributed by atoms with Crippen LogP contribution in [0.25, 0.3) is 0 Å². The number of rotatable bonds is 3. The van der Waals surface area contributed by atoms with E-state index in [0.29, 0.717) is 10.6 Å². The second kappa shape index (κ2) is 5.46. The molecular formula is C17H15ClN2O2. The number of nitrogens with zero attached hydrogens (tertiary/aromatic N) is 1. The Morgan fingerprint density at radius 1 is 1.05 bits per heavy atom. The lowest BCUT2D eigenvalue weighted by Crippen LogP contribution is -2.41. The first-order valence-electron chi connectivity index (χ1n) is 6.95. The van der Waals surface area contributed by atoms with Crippen molar-refractivity contribution in [1.82, 2.24) is 10.2 Å². The number of imide groups is 1. The van der Waals surface area contributed by atoms with E-state index in [9.17, 15) is 9.59 Å². The van der Waals surface area contributed by atoms with Crippen LogP contribution in [0.2, 0.25) is 5.02 Å². The smallest absolute Gasteiger partial charge is 0.319 e. The highest BCUT2D eigenvalue weighted by molar-refractivity contribution is 6.32. The molecule has 0 spiro atoms. The number of benzene rings is 2. The van der Waals surface area contributed by atoms with Gasteiger partial charge < -0.3 is 5.32 Å². The fourth-order valence-corrected chi connectivity index (χ4v) is 2.98. The number of urea groups is 1. The van der Waals surface area contributed by atoms with Gasteiger partial charge in [0.05, 0.1) is 6.54 Å². The van der Waals surface area contributed by atoms with E-state index < -0.39 is 11.6 Å². The van der Waals surface area contributed by atoms with Crippen molar-refractivity contribution in [3.8, 4) is 0 Å². The summed E-state index contributed by atoms with van der Waals surface area (Å²) in [7, 11) is 0. The Morgan fingerprint density at radius 3 is 2.36 bits per heavy atom. The topological polar surface area (TPSA) is 49.4 Å². The zero-order valence-corrected chi connectivity index (χ0v) is 12.8. The third kappa shape index (κ3) is 2.35. The van der Waals surface area contributed by atoms with E-state index in [-0.39, 0.29) is 12.5 Å². The number of amides is 3. The molecule has 0 unspecified atom stereocenters. The molecule has 0 bridgehead atoms. The van der Waals surface area contributed by atoms with Crippen LogP contribution in [0.1, 0.15) is 18.1 Å². The molecule has 2 aromatic carbocycles. The molecule has 5 heteroatoms. The number of nitrogens with one attached hydrogen (secondary N) is 1. The molecule has 1 heterocycles.